The van der Waals surface area contributed by atoms with Crippen LogP contribution in [0.2, 0.25) is 0 Å². The van der Waals surface area contributed by atoms with Crippen LogP contribution in [0.3, 0.4) is 0 Å². The highest BCUT2D eigenvalue weighted by Crippen LogP contribution is 2.45. The van der Waals surface area contributed by atoms with E-state index in [2.05, 4.69) is 25.7 Å². The monoisotopic (exact) mass is 350 g/mol. The first-order valence-electron chi connectivity index (χ1n) is 10.0. The Morgan fingerprint density at radius 2 is 1.88 bits per heavy atom. The predicted molar refractivity (Wildman–Crippen MR) is 98.3 cm³/mol. The van der Waals surface area contributed by atoms with Gasteiger partial charge in [0, 0.05) is 24.7 Å². The number of carboxylic acids is 1. The molecule has 4 nitrogen and oxygen atoms in total. The van der Waals surface area contributed by atoms with Gasteiger partial charge in [0.15, 0.2) is 0 Å². The lowest BCUT2D eigenvalue weighted by Crippen LogP contribution is -2.31. The largest absolute Gasteiger partial charge is 0.481 e. The molecule has 2 saturated heterocycles. The Bertz CT molecular complexity index is 462. The summed E-state index contributed by atoms with van der Waals surface area (Å²) in [5.41, 5.74) is 0. The molecule has 0 aromatic carbocycles. The fraction of sp³-hybridized carbons (Fsp3) is 0.857. The van der Waals surface area contributed by atoms with Gasteiger partial charge in [-0.15, -0.1) is 11.8 Å². The van der Waals surface area contributed by atoms with Gasteiger partial charge in [0.05, 0.1) is 25.4 Å². The first-order valence-corrected chi connectivity index (χ1v) is 10.0. The molecule has 2 aliphatic heterocycles. The van der Waals surface area contributed by atoms with E-state index in [1.54, 1.807) is 0 Å². The van der Waals surface area contributed by atoms with Gasteiger partial charge >= 0.3 is 5.97 Å². The molecule has 2 heterocycles. The van der Waals surface area contributed by atoms with Crippen LogP contribution in [0.5, 0.6) is 0 Å². The van der Waals surface area contributed by atoms with Gasteiger partial charge < -0.3 is 14.6 Å². The molecule has 142 valence electrons. The summed E-state index contributed by atoms with van der Waals surface area (Å²) in [5, 5.41) is 8.67. The lowest BCUT2D eigenvalue weighted by atomic mass is 9.77. The quantitative estimate of drug-likeness (QED) is 0.446. The molecule has 0 amide bonds. The second kappa shape index (κ2) is 10.8. The molecule has 2 fully saturated rings. The van der Waals surface area contributed by atoms with E-state index >= 15 is 0 Å². The number of carboxylic acid groups (broad SMARTS) is 1. The van der Waals surface area contributed by atoms with Crippen LogP contribution in [0.4, 0.5) is 0 Å². The van der Waals surface area contributed by atoms with Crippen molar-refractivity contribution < 1.29 is 19.4 Å². The first-order chi connectivity index (χ1) is 12.1. The maximum atomic E-state index is 10.5. The third-order valence-corrected chi connectivity index (χ3v) is 5.34. The van der Waals surface area contributed by atoms with Crippen molar-refractivity contribution in [1.29, 1.82) is 0 Å². The van der Waals surface area contributed by atoms with Crippen LogP contribution < -0.4 is 0 Å². The third kappa shape index (κ3) is 6.99. The van der Waals surface area contributed by atoms with Gasteiger partial charge in [0.1, 0.15) is 0 Å². The number of aliphatic carboxylic acids is 1. The first kappa shape index (κ1) is 20.3. The van der Waals surface area contributed by atoms with Crippen LogP contribution in [-0.4, -0.2) is 36.5 Å². The number of hydrogen-bond donors (Lipinski definition) is 1. The summed E-state index contributed by atoms with van der Waals surface area (Å²) < 4.78 is 12.0. The molecule has 4 heteroatoms. The van der Waals surface area contributed by atoms with Crippen LogP contribution in [-0.2, 0) is 14.3 Å². The van der Waals surface area contributed by atoms with E-state index in [4.69, 9.17) is 14.6 Å². The van der Waals surface area contributed by atoms with E-state index in [0.717, 1.165) is 38.9 Å². The minimum absolute atomic E-state index is 0.299. The zero-order valence-electron chi connectivity index (χ0n) is 15.8. The van der Waals surface area contributed by atoms with Gasteiger partial charge in [-0.3, -0.25) is 4.79 Å². The Kier molecular flexibility index (Phi) is 8.78. The molecule has 1 N–H and O–H groups in total. The van der Waals surface area contributed by atoms with E-state index in [0.29, 0.717) is 36.4 Å². The number of unbranched alkanes of at least 4 members (excludes halogenated alkanes) is 3. The summed E-state index contributed by atoms with van der Waals surface area (Å²) in [7, 11) is 0. The van der Waals surface area contributed by atoms with Crippen molar-refractivity contribution >= 4 is 5.97 Å². The number of fused-ring (bicyclic) bond motifs is 2. The molecule has 2 rings (SSSR count). The lowest BCUT2D eigenvalue weighted by molar-refractivity contribution is -0.137. The van der Waals surface area contributed by atoms with Gasteiger partial charge in [0.25, 0.3) is 0 Å². The summed E-state index contributed by atoms with van der Waals surface area (Å²) in [6.45, 7) is 5.73. The molecule has 25 heavy (non-hydrogen) atoms. The molecule has 2 bridgehead atoms. The van der Waals surface area contributed by atoms with Crippen molar-refractivity contribution in [2.24, 2.45) is 17.8 Å². The fourth-order valence-electron chi connectivity index (χ4n) is 4.13. The summed E-state index contributed by atoms with van der Waals surface area (Å²) in [5.74, 6) is 7.25. The summed E-state index contributed by atoms with van der Waals surface area (Å²) >= 11 is 0. The highest BCUT2D eigenvalue weighted by Gasteiger charge is 2.48. The van der Waals surface area contributed by atoms with Gasteiger partial charge in [-0.05, 0) is 31.6 Å². The van der Waals surface area contributed by atoms with E-state index in [-0.39, 0.29) is 0 Å². The minimum atomic E-state index is -0.684. The van der Waals surface area contributed by atoms with Crippen molar-refractivity contribution in [2.45, 2.75) is 83.8 Å². The second-order valence-corrected chi connectivity index (χ2v) is 7.77. The second-order valence-electron chi connectivity index (χ2n) is 7.77. The van der Waals surface area contributed by atoms with E-state index in [9.17, 15) is 4.79 Å². The zero-order valence-corrected chi connectivity index (χ0v) is 15.8. The smallest absolute Gasteiger partial charge is 0.303 e. The summed E-state index contributed by atoms with van der Waals surface area (Å²) in [4.78, 5) is 10.5. The van der Waals surface area contributed by atoms with Gasteiger partial charge in [-0.25, -0.2) is 0 Å². The average molecular weight is 350 g/mol. The van der Waals surface area contributed by atoms with Crippen LogP contribution in [0.1, 0.15) is 71.6 Å². The van der Waals surface area contributed by atoms with Gasteiger partial charge in [-0.1, -0.05) is 33.1 Å². The topological polar surface area (TPSA) is 55.8 Å². The Hall–Kier alpha value is -1.05. The van der Waals surface area contributed by atoms with Gasteiger partial charge in [0.2, 0.25) is 0 Å². The van der Waals surface area contributed by atoms with Crippen molar-refractivity contribution in [2.75, 3.05) is 13.2 Å². The Balaban J connectivity index is 1.63. The molecule has 2 aliphatic rings. The molecular formula is C21H34O4. The van der Waals surface area contributed by atoms with Crippen molar-refractivity contribution in [3.8, 4) is 11.8 Å². The fourth-order valence-corrected chi connectivity index (χ4v) is 4.13. The van der Waals surface area contributed by atoms with Crippen LogP contribution >= 0.6 is 0 Å². The number of ether oxygens (including phenoxy) is 2. The Morgan fingerprint density at radius 3 is 2.60 bits per heavy atom. The number of hydrogen-bond acceptors (Lipinski definition) is 3. The lowest BCUT2D eigenvalue weighted by Gasteiger charge is -2.27. The number of carbonyl (C=O) groups is 1. The Morgan fingerprint density at radius 1 is 1.16 bits per heavy atom. The molecule has 4 unspecified atom stereocenters. The van der Waals surface area contributed by atoms with E-state index in [1.807, 2.05) is 0 Å². The van der Waals surface area contributed by atoms with E-state index in [1.165, 1.54) is 25.7 Å². The Labute approximate surface area is 152 Å². The molecular weight excluding hydrogens is 316 g/mol. The van der Waals surface area contributed by atoms with Gasteiger partial charge in [-0.2, -0.15) is 0 Å². The van der Waals surface area contributed by atoms with E-state index < -0.39 is 5.97 Å². The molecule has 0 radical (unpaired) electrons. The third-order valence-electron chi connectivity index (χ3n) is 5.34. The standard InChI is InChI=1S/C21H34O4/c1-16(2)9-7-8-14-24-15-18-17(19-12-13-20(18)25-19)10-5-3-4-6-11-21(22)23/h16-20H,3-6,8,10-15H2,1-2H3,(H,22,23). The predicted octanol–water partition coefficient (Wildman–Crippen LogP) is 4.27. The van der Waals surface area contributed by atoms with Crippen LogP contribution in [0.25, 0.3) is 0 Å². The molecule has 0 aromatic rings. The molecule has 0 spiro atoms. The van der Waals surface area contributed by atoms with Crippen molar-refractivity contribution in [3.63, 3.8) is 0 Å². The SMILES string of the molecule is CC(C)C#CCCOCC1C2CCC(O2)C1CCCCCCC(=O)O. The highest BCUT2D eigenvalue weighted by atomic mass is 16.5. The summed E-state index contributed by atoms with van der Waals surface area (Å²) in [6.07, 6.45) is 9.62. The average Bonchev–Trinajstić information content (AvgIpc) is 3.15. The van der Waals surface area contributed by atoms with Crippen LogP contribution in [0, 0.1) is 29.6 Å². The summed E-state index contributed by atoms with van der Waals surface area (Å²) in [6, 6.07) is 0. The molecule has 0 saturated carbocycles. The number of rotatable bonds is 11. The zero-order chi connectivity index (χ0) is 18.1. The van der Waals surface area contributed by atoms with Crippen molar-refractivity contribution in [1.82, 2.24) is 0 Å². The molecule has 0 aromatic heterocycles. The maximum Gasteiger partial charge on any atom is 0.303 e. The van der Waals surface area contributed by atoms with Crippen molar-refractivity contribution in [3.05, 3.63) is 0 Å². The maximum absolute atomic E-state index is 10.5. The minimum Gasteiger partial charge on any atom is -0.481 e. The van der Waals surface area contributed by atoms with Crippen LogP contribution in [0.15, 0.2) is 0 Å². The molecule has 4 atom stereocenters. The molecule has 0 aliphatic carbocycles. The normalized spacial score (nSPS) is 27.5. The highest BCUT2D eigenvalue weighted by molar-refractivity contribution is 5.66.